The SMILES string of the molecule is Cc1ccc(S(=O)OCCCCCCC2(CC3CCCCC3)C(=O)NC(=O)NC2=O)cc1. The minimum atomic E-state index is -1.46. The predicted molar refractivity (Wildman–Crippen MR) is 122 cm³/mol. The first-order chi connectivity index (χ1) is 15.4. The Kier molecular flexibility index (Phi) is 8.99. The molecule has 0 radical (unpaired) electrons. The van der Waals surface area contributed by atoms with E-state index in [2.05, 4.69) is 10.6 Å². The summed E-state index contributed by atoms with van der Waals surface area (Å²) < 4.78 is 17.6. The fourth-order valence-electron chi connectivity index (χ4n) is 4.71. The molecule has 7 nitrogen and oxygen atoms in total. The predicted octanol–water partition coefficient (Wildman–Crippen LogP) is 4.31. The van der Waals surface area contributed by atoms with Crippen molar-refractivity contribution in [2.75, 3.05) is 6.61 Å². The molecule has 1 aromatic carbocycles. The molecule has 1 aromatic rings. The molecule has 2 aliphatic rings. The third-order valence-corrected chi connectivity index (χ3v) is 7.62. The van der Waals surface area contributed by atoms with Crippen LogP contribution < -0.4 is 10.6 Å². The Morgan fingerprint density at radius 1 is 0.938 bits per heavy atom. The van der Waals surface area contributed by atoms with Crippen LogP contribution in [-0.4, -0.2) is 28.7 Å². The van der Waals surface area contributed by atoms with E-state index in [9.17, 15) is 18.6 Å². The summed E-state index contributed by atoms with van der Waals surface area (Å²) in [4.78, 5) is 37.8. The first-order valence-electron chi connectivity index (χ1n) is 11.7. The van der Waals surface area contributed by atoms with Crippen LogP contribution in [0.3, 0.4) is 0 Å². The van der Waals surface area contributed by atoms with Gasteiger partial charge in [-0.25, -0.2) is 9.00 Å². The Labute approximate surface area is 192 Å². The van der Waals surface area contributed by atoms with Crippen LogP contribution in [0.2, 0.25) is 0 Å². The number of carbonyl (C=O) groups is 3. The Hall–Kier alpha value is -2.06. The summed E-state index contributed by atoms with van der Waals surface area (Å²) in [7, 11) is 0. The number of benzene rings is 1. The van der Waals surface area contributed by atoms with E-state index in [0.717, 1.165) is 50.5 Å². The van der Waals surface area contributed by atoms with Gasteiger partial charge in [-0.3, -0.25) is 24.4 Å². The molecule has 0 bridgehead atoms. The van der Waals surface area contributed by atoms with E-state index in [1.165, 1.54) is 6.42 Å². The van der Waals surface area contributed by atoms with Crippen LogP contribution in [0, 0.1) is 18.3 Å². The highest BCUT2D eigenvalue weighted by molar-refractivity contribution is 7.80. The average Bonchev–Trinajstić information content (AvgIpc) is 2.77. The van der Waals surface area contributed by atoms with Crippen LogP contribution >= 0.6 is 0 Å². The second-order valence-corrected chi connectivity index (χ2v) is 10.2. The normalized spacial score (nSPS) is 20.0. The molecule has 1 atom stereocenters. The van der Waals surface area contributed by atoms with E-state index in [1.54, 1.807) is 0 Å². The molecule has 2 N–H and O–H groups in total. The number of aryl methyl sites for hydroxylation is 1. The van der Waals surface area contributed by atoms with Crippen molar-refractivity contribution in [3.05, 3.63) is 29.8 Å². The van der Waals surface area contributed by atoms with Gasteiger partial charge in [-0.2, -0.15) is 0 Å². The Morgan fingerprint density at radius 3 is 2.22 bits per heavy atom. The molecule has 3 rings (SSSR count). The van der Waals surface area contributed by atoms with Crippen LogP contribution in [0.15, 0.2) is 29.2 Å². The number of nitrogens with one attached hydrogen (secondary N) is 2. The highest BCUT2D eigenvalue weighted by Crippen LogP contribution is 2.40. The molecule has 0 spiro atoms. The number of barbiturate groups is 1. The third kappa shape index (κ3) is 6.48. The first-order valence-corrected chi connectivity index (χ1v) is 12.8. The van der Waals surface area contributed by atoms with Crippen molar-refractivity contribution in [3.8, 4) is 0 Å². The highest BCUT2D eigenvalue weighted by atomic mass is 32.2. The second-order valence-electron chi connectivity index (χ2n) is 9.06. The van der Waals surface area contributed by atoms with Gasteiger partial charge in [0, 0.05) is 0 Å². The lowest BCUT2D eigenvalue weighted by molar-refractivity contribution is -0.146. The summed E-state index contributed by atoms with van der Waals surface area (Å²) in [6.45, 7) is 2.37. The van der Waals surface area contributed by atoms with Crippen LogP contribution in [0.4, 0.5) is 4.79 Å². The van der Waals surface area contributed by atoms with Crippen molar-refractivity contribution < 1.29 is 22.8 Å². The number of carbonyl (C=O) groups excluding carboxylic acids is 3. The Balaban J connectivity index is 1.44. The van der Waals surface area contributed by atoms with Gasteiger partial charge in [0.05, 0.1) is 11.5 Å². The summed E-state index contributed by atoms with van der Waals surface area (Å²) in [6.07, 6.45) is 9.64. The number of hydrogen-bond donors (Lipinski definition) is 2. The van der Waals surface area contributed by atoms with Gasteiger partial charge in [-0.15, -0.1) is 0 Å². The molecule has 1 aliphatic heterocycles. The fourth-order valence-corrected chi connectivity index (χ4v) is 5.48. The van der Waals surface area contributed by atoms with Crippen molar-refractivity contribution in [2.45, 2.75) is 82.4 Å². The summed E-state index contributed by atoms with van der Waals surface area (Å²) >= 11 is -1.46. The zero-order chi connectivity index (χ0) is 23.0. The lowest BCUT2D eigenvalue weighted by Crippen LogP contribution is -2.62. The van der Waals surface area contributed by atoms with E-state index in [4.69, 9.17) is 4.18 Å². The molecule has 1 aliphatic carbocycles. The molecule has 1 unspecified atom stereocenters. The van der Waals surface area contributed by atoms with E-state index in [1.807, 2.05) is 31.2 Å². The maximum Gasteiger partial charge on any atom is 0.328 e. The highest BCUT2D eigenvalue weighted by Gasteiger charge is 2.50. The van der Waals surface area contributed by atoms with Crippen molar-refractivity contribution >= 4 is 28.9 Å². The molecular formula is C24H34N2O5S. The van der Waals surface area contributed by atoms with Crippen LogP contribution in [0.1, 0.15) is 76.2 Å². The van der Waals surface area contributed by atoms with Crippen molar-refractivity contribution in [2.24, 2.45) is 11.3 Å². The summed E-state index contributed by atoms with van der Waals surface area (Å²) in [6, 6.07) is 6.71. The Bertz CT molecular complexity index is 813. The van der Waals surface area contributed by atoms with Crippen molar-refractivity contribution in [1.82, 2.24) is 10.6 Å². The van der Waals surface area contributed by atoms with Gasteiger partial charge in [-0.05, 0) is 44.2 Å². The number of amides is 4. The lowest BCUT2D eigenvalue weighted by atomic mass is 9.70. The van der Waals surface area contributed by atoms with Gasteiger partial charge < -0.3 is 0 Å². The summed E-state index contributed by atoms with van der Waals surface area (Å²) in [5.41, 5.74) is -0.0454. The summed E-state index contributed by atoms with van der Waals surface area (Å²) in [5, 5.41) is 4.64. The smallest absolute Gasteiger partial charge is 0.287 e. The maximum absolute atomic E-state index is 12.8. The molecule has 32 heavy (non-hydrogen) atoms. The maximum atomic E-state index is 12.8. The minimum Gasteiger partial charge on any atom is -0.287 e. The zero-order valence-electron chi connectivity index (χ0n) is 18.8. The monoisotopic (exact) mass is 462 g/mol. The Morgan fingerprint density at radius 2 is 1.56 bits per heavy atom. The van der Waals surface area contributed by atoms with E-state index in [0.29, 0.717) is 36.7 Å². The summed E-state index contributed by atoms with van der Waals surface area (Å²) in [5.74, 6) is -0.555. The molecular weight excluding hydrogens is 428 g/mol. The molecule has 1 saturated heterocycles. The van der Waals surface area contributed by atoms with Crippen LogP contribution in [0.25, 0.3) is 0 Å². The topological polar surface area (TPSA) is 102 Å². The van der Waals surface area contributed by atoms with E-state index in [-0.39, 0.29) is 0 Å². The fraction of sp³-hybridized carbons (Fsp3) is 0.625. The molecule has 176 valence electrons. The first kappa shape index (κ1) is 24.6. The number of rotatable bonds is 11. The van der Waals surface area contributed by atoms with Gasteiger partial charge in [0.25, 0.3) is 0 Å². The van der Waals surface area contributed by atoms with Gasteiger partial charge in [0.1, 0.15) is 5.41 Å². The number of urea groups is 1. The molecule has 1 saturated carbocycles. The van der Waals surface area contributed by atoms with Crippen molar-refractivity contribution in [1.29, 1.82) is 0 Å². The van der Waals surface area contributed by atoms with E-state index < -0.39 is 34.3 Å². The molecule has 4 amide bonds. The second kappa shape index (κ2) is 11.7. The molecule has 0 aromatic heterocycles. The van der Waals surface area contributed by atoms with Crippen molar-refractivity contribution in [3.63, 3.8) is 0 Å². The quantitative estimate of drug-likeness (QED) is 0.377. The standard InChI is InChI=1S/C24H34N2O5S/c1-18-11-13-20(14-12-18)32(30)31-16-8-3-2-7-15-24(17-19-9-5-4-6-10-19)21(27)25-23(29)26-22(24)28/h11-14,19H,2-10,15-17H2,1H3,(H2,25,26,27,28,29). The van der Waals surface area contributed by atoms with Gasteiger partial charge >= 0.3 is 6.03 Å². The lowest BCUT2D eigenvalue weighted by Gasteiger charge is -2.37. The van der Waals surface area contributed by atoms with Crippen LogP contribution in [0.5, 0.6) is 0 Å². The third-order valence-electron chi connectivity index (χ3n) is 6.59. The number of imide groups is 2. The number of unbranched alkanes of at least 4 members (excludes halogenated alkanes) is 3. The number of hydrogen-bond acceptors (Lipinski definition) is 5. The average molecular weight is 463 g/mol. The van der Waals surface area contributed by atoms with E-state index >= 15 is 0 Å². The van der Waals surface area contributed by atoms with Crippen LogP contribution in [-0.2, 0) is 24.9 Å². The minimum absolute atomic E-state index is 0.346. The van der Waals surface area contributed by atoms with Gasteiger partial charge in [0.15, 0.2) is 11.1 Å². The molecule has 1 heterocycles. The molecule has 8 heteroatoms. The molecule has 2 fully saturated rings. The largest absolute Gasteiger partial charge is 0.328 e. The zero-order valence-corrected chi connectivity index (χ0v) is 19.6. The van der Waals surface area contributed by atoms with Gasteiger partial charge in [0.2, 0.25) is 11.8 Å². The van der Waals surface area contributed by atoms with Gasteiger partial charge in [-0.1, -0.05) is 69.1 Å².